The monoisotopic (exact) mass is 355 g/mol. The summed E-state index contributed by atoms with van der Waals surface area (Å²) in [6.07, 6.45) is -0.372. The molecule has 116 valence electrons. The van der Waals surface area contributed by atoms with E-state index < -0.39 is 5.60 Å². The summed E-state index contributed by atoms with van der Waals surface area (Å²) in [5, 5.41) is 0. The van der Waals surface area contributed by atoms with Gasteiger partial charge in [0.15, 0.2) is 0 Å². The number of hydrogen-bond acceptors (Lipinski definition) is 3. The highest BCUT2D eigenvalue weighted by Crippen LogP contribution is 2.27. The minimum absolute atomic E-state index is 0.0990. The first-order valence-electron chi connectivity index (χ1n) is 7.12. The average Bonchev–Trinajstić information content (AvgIpc) is 2.40. The van der Waals surface area contributed by atoms with Crippen LogP contribution in [0.15, 0.2) is 22.7 Å². The number of hydrogen-bond donors (Lipinski definition) is 0. The lowest BCUT2D eigenvalue weighted by Gasteiger charge is -2.34. The van der Waals surface area contributed by atoms with Crippen molar-refractivity contribution >= 4 is 22.0 Å². The minimum atomic E-state index is -0.473. The third-order valence-corrected chi connectivity index (χ3v) is 4.16. The van der Waals surface area contributed by atoms with E-state index in [1.165, 1.54) is 0 Å². The summed E-state index contributed by atoms with van der Waals surface area (Å²) in [5.74, 6) is 0. The van der Waals surface area contributed by atoms with Gasteiger partial charge in [0.05, 0.1) is 13.2 Å². The van der Waals surface area contributed by atoms with E-state index in [4.69, 9.17) is 9.47 Å². The second kappa shape index (κ2) is 6.36. The Hall–Kier alpha value is -1.07. The Labute approximate surface area is 134 Å². The summed E-state index contributed by atoms with van der Waals surface area (Å²) < 4.78 is 12.3. The van der Waals surface area contributed by atoms with E-state index >= 15 is 0 Å². The summed E-state index contributed by atoms with van der Waals surface area (Å²) in [6, 6.07) is 6.13. The Kier molecular flexibility index (Phi) is 4.94. The number of aryl methyl sites for hydroxylation is 1. The molecule has 1 atom stereocenters. The van der Waals surface area contributed by atoms with Crippen molar-refractivity contribution in [1.82, 2.24) is 4.90 Å². The van der Waals surface area contributed by atoms with Crippen LogP contribution >= 0.6 is 15.9 Å². The van der Waals surface area contributed by atoms with E-state index in [1.807, 2.05) is 39.8 Å². The smallest absolute Gasteiger partial charge is 0.410 e. The Morgan fingerprint density at radius 1 is 1.43 bits per heavy atom. The van der Waals surface area contributed by atoms with Gasteiger partial charge in [-0.15, -0.1) is 0 Å². The van der Waals surface area contributed by atoms with Gasteiger partial charge in [-0.2, -0.15) is 0 Å². The van der Waals surface area contributed by atoms with Crippen molar-refractivity contribution < 1.29 is 14.3 Å². The molecule has 0 bridgehead atoms. The number of morpholine rings is 1. The quantitative estimate of drug-likeness (QED) is 0.762. The molecule has 1 saturated heterocycles. The van der Waals surface area contributed by atoms with Crippen molar-refractivity contribution in [2.45, 2.75) is 39.4 Å². The number of carbonyl (C=O) groups excluding carboxylic acids is 1. The normalized spacial score (nSPS) is 19.5. The minimum Gasteiger partial charge on any atom is -0.444 e. The topological polar surface area (TPSA) is 38.8 Å². The zero-order chi connectivity index (χ0) is 15.6. The van der Waals surface area contributed by atoms with Gasteiger partial charge < -0.3 is 14.4 Å². The zero-order valence-corrected chi connectivity index (χ0v) is 14.6. The van der Waals surface area contributed by atoms with E-state index in [0.29, 0.717) is 19.7 Å². The molecule has 0 radical (unpaired) electrons. The van der Waals surface area contributed by atoms with Gasteiger partial charge in [0.2, 0.25) is 0 Å². The highest BCUT2D eigenvalue weighted by molar-refractivity contribution is 9.10. The van der Waals surface area contributed by atoms with E-state index in [-0.39, 0.29) is 12.2 Å². The Balaban J connectivity index is 2.06. The van der Waals surface area contributed by atoms with Gasteiger partial charge in [-0.25, -0.2) is 4.79 Å². The fourth-order valence-electron chi connectivity index (χ4n) is 2.21. The van der Waals surface area contributed by atoms with E-state index in [0.717, 1.165) is 15.6 Å². The molecule has 1 aliphatic rings. The first-order chi connectivity index (χ1) is 9.76. The molecule has 0 aromatic heterocycles. The Morgan fingerprint density at radius 3 is 2.76 bits per heavy atom. The molecule has 21 heavy (non-hydrogen) atoms. The highest BCUT2D eigenvalue weighted by atomic mass is 79.9. The molecule has 1 amide bonds. The first kappa shape index (κ1) is 16.3. The summed E-state index contributed by atoms with van der Waals surface area (Å²) in [6.45, 7) is 9.29. The third kappa shape index (κ3) is 4.45. The van der Waals surface area contributed by atoms with Crippen LogP contribution in [0, 0.1) is 6.92 Å². The second-order valence-corrected chi connectivity index (χ2v) is 7.15. The molecule has 4 nitrogen and oxygen atoms in total. The summed E-state index contributed by atoms with van der Waals surface area (Å²) in [5.41, 5.74) is 1.77. The molecule has 1 heterocycles. The number of amides is 1. The lowest BCUT2D eigenvalue weighted by atomic mass is 10.1. The molecular formula is C16H22BrNO3. The van der Waals surface area contributed by atoms with Crippen LogP contribution in [0.3, 0.4) is 0 Å². The molecule has 0 spiro atoms. The van der Waals surface area contributed by atoms with Gasteiger partial charge in [0.1, 0.15) is 11.7 Å². The maximum Gasteiger partial charge on any atom is 0.410 e. The van der Waals surface area contributed by atoms with E-state index in [9.17, 15) is 4.79 Å². The number of nitrogens with zero attached hydrogens (tertiary/aromatic N) is 1. The van der Waals surface area contributed by atoms with Gasteiger partial charge in [-0.3, -0.25) is 0 Å². The van der Waals surface area contributed by atoms with Crippen molar-refractivity contribution in [3.8, 4) is 0 Å². The molecule has 1 fully saturated rings. The number of carbonyl (C=O) groups is 1. The van der Waals surface area contributed by atoms with Gasteiger partial charge in [-0.1, -0.05) is 28.1 Å². The van der Waals surface area contributed by atoms with Crippen LogP contribution in [0.1, 0.15) is 38.0 Å². The number of benzene rings is 1. The third-order valence-electron chi connectivity index (χ3n) is 3.27. The summed E-state index contributed by atoms with van der Waals surface area (Å²) in [4.78, 5) is 13.9. The van der Waals surface area contributed by atoms with Crippen LogP contribution in [-0.2, 0) is 9.47 Å². The maximum absolute atomic E-state index is 12.2. The fourth-order valence-corrected chi connectivity index (χ4v) is 2.46. The van der Waals surface area contributed by atoms with Crippen molar-refractivity contribution in [2.24, 2.45) is 0 Å². The number of halogens is 1. The molecule has 0 N–H and O–H groups in total. The lowest BCUT2D eigenvalue weighted by molar-refractivity contribution is -0.0433. The second-order valence-electron chi connectivity index (χ2n) is 6.29. The molecule has 1 unspecified atom stereocenters. The molecule has 0 saturated carbocycles. The SMILES string of the molecule is Cc1cc(C2CN(C(=O)OC(C)(C)C)CCO2)ccc1Br. The predicted octanol–water partition coefficient (Wildman–Crippen LogP) is 4.07. The molecule has 1 aromatic carbocycles. The molecule has 1 aromatic rings. The van der Waals surface area contributed by atoms with Crippen molar-refractivity contribution in [1.29, 1.82) is 0 Å². The summed E-state index contributed by atoms with van der Waals surface area (Å²) in [7, 11) is 0. The van der Waals surface area contributed by atoms with Crippen LogP contribution in [-0.4, -0.2) is 36.3 Å². The highest BCUT2D eigenvalue weighted by Gasteiger charge is 2.28. The largest absolute Gasteiger partial charge is 0.444 e. The zero-order valence-electron chi connectivity index (χ0n) is 13.0. The van der Waals surface area contributed by atoms with Crippen molar-refractivity contribution in [3.63, 3.8) is 0 Å². The standard InChI is InChI=1S/C16H22BrNO3/c1-11-9-12(5-6-13(11)17)14-10-18(7-8-20-14)15(19)21-16(2,3)4/h5-6,9,14H,7-8,10H2,1-4H3. The van der Waals surface area contributed by atoms with E-state index in [1.54, 1.807) is 4.90 Å². The molecule has 2 rings (SSSR count). The van der Waals surface area contributed by atoms with E-state index in [2.05, 4.69) is 22.0 Å². The van der Waals surface area contributed by atoms with Crippen LogP contribution < -0.4 is 0 Å². The molecule has 5 heteroatoms. The maximum atomic E-state index is 12.2. The van der Waals surface area contributed by atoms with Crippen LogP contribution in [0.5, 0.6) is 0 Å². The number of rotatable bonds is 1. The molecular weight excluding hydrogens is 334 g/mol. The Bertz CT molecular complexity index is 525. The molecule has 1 aliphatic heterocycles. The number of ether oxygens (including phenoxy) is 2. The fraction of sp³-hybridized carbons (Fsp3) is 0.562. The first-order valence-corrected chi connectivity index (χ1v) is 7.91. The van der Waals surface area contributed by atoms with Crippen molar-refractivity contribution in [2.75, 3.05) is 19.7 Å². The predicted molar refractivity (Wildman–Crippen MR) is 85.4 cm³/mol. The van der Waals surface area contributed by atoms with Crippen LogP contribution in [0.2, 0.25) is 0 Å². The van der Waals surface area contributed by atoms with Crippen LogP contribution in [0.25, 0.3) is 0 Å². The summed E-state index contributed by atoms with van der Waals surface area (Å²) >= 11 is 3.50. The Morgan fingerprint density at radius 2 is 2.14 bits per heavy atom. The lowest BCUT2D eigenvalue weighted by Crippen LogP contribution is -2.44. The van der Waals surface area contributed by atoms with Crippen molar-refractivity contribution in [3.05, 3.63) is 33.8 Å². The van der Waals surface area contributed by atoms with Gasteiger partial charge in [0, 0.05) is 11.0 Å². The van der Waals surface area contributed by atoms with Gasteiger partial charge in [-0.05, 0) is 44.9 Å². The van der Waals surface area contributed by atoms with Crippen LogP contribution in [0.4, 0.5) is 4.79 Å². The van der Waals surface area contributed by atoms with Gasteiger partial charge in [0.25, 0.3) is 0 Å². The average molecular weight is 356 g/mol. The van der Waals surface area contributed by atoms with Gasteiger partial charge >= 0.3 is 6.09 Å². The molecule has 0 aliphatic carbocycles.